The van der Waals surface area contributed by atoms with Crippen molar-refractivity contribution in [2.45, 2.75) is 45.4 Å². The number of amides is 4. The van der Waals surface area contributed by atoms with Crippen molar-refractivity contribution in [1.29, 1.82) is 0 Å². The zero-order chi connectivity index (χ0) is 28.9. The Morgan fingerprint density at radius 1 is 0.950 bits per heavy atom. The van der Waals surface area contributed by atoms with E-state index in [1.165, 1.54) is 0 Å². The van der Waals surface area contributed by atoms with Gasteiger partial charge in [-0.3, -0.25) is 24.0 Å². The van der Waals surface area contributed by atoms with Gasteiger partial charge in [0, 0.05) is 0 Å². The molecule has 11 heteroatoms. The zero-order valence-corrected chi connectivity index (χ0v) is 22.7. The molecule has 4 N–H and O–H groups in total. The highest BCUT2D eigenvalue weighted by atomic mass is 16.5. The lowest BCUT2D eigenvalue weighted by atomic mass is 9.99. The highest BCUT2D eigenvalue weighted by Gasteiger charge is 2.26. The number of carbonyl (C=O) groups excluding carboxylic acids is 5. The van der Waals surface area contributed by atoms with Gasteiger partial charge in [0.05, 0.1) is 44.8 Å². The molecule has 11 nitrogen and oxygen atoms in total. The number of fused-ring (bicyclic) bond motifs is 13. The van der Waals surface area contributed by atoms with E-state index in [1.54, 1.807) is 24.3 Å². The topological polar surface area (TPSA) is 152 Å². The van der Waals surface area contributed by atoms with E-state index < -0.39 is 48.4 Å². The molecule has 2 bridgehead atoms. The van der Waals surface area contributed by atoms with Crippen molar-refractivity contribution in [3.63, 3.8) is 0 Å². The third-order valence-electron chi connectivity index (χ3n) is 6.24. The lowest BCUT2D eigenvalue weighted by molar-refractivity contribution is -0.133. The van der Waals surface area contributed by atoms with Gasteiger partial charge in [-0.25, -0.2) is 0 Å². The Kier molecular flexibility index (Phi) is 11.6. The van der Waals surface area contributed by atoms with Crippen molar-refractivity contribution in [3.8, 4) is 5.75 Å². The Balaban J connectivity index is 1.63. The fraction of sp³-hybridized carbons (Fsp3) is 0.414. The predicted molar refractivity (Wildman–Crippen MR) is 146 cm³/mol. The van der Waals surface area contributed by atoms with E-state index in [4.69, 9.17) is 9.47 Å². The summed E-state index contributed by atoms with van der Waals surface area (Å²) in [6.07, 6.45) is -0.313. The molecule has 40 heavy (non-hydrogen) atoms. The van der Waals surface area contributed by atoms with Crippen LogP contribution in [-0.4, -0.2) is 67.8 Å². The molecule has 0 aromatic heterocycles. The van der Waals surface area contributed by atoms with Crippen LogP contribution in [0.1, 0.15) is 31.4 Å². The maximum Gasteiger partial charge on any atom is 0.258 e. The molecule has 2 aliphatic heterocycles. The van der Waals surface area contributed by atoms with Gasteiger partial charge in [-0.15, -0.1) is 0 Å². The third kappa shape index (κ3) is 10.5. The normalized spacial score (nSPS) is 17.3. The Bertz CT molecular complexity index is 1170. The summed E-state index contributed by atoms with van der Waals surface area (Å²) in [5, 5.41) is 10.3. The maximum absolute atomic E-state index is 13.2. The van der Waals surface area contributed by atoms with Crippen LogP contribution in [-0.2, 0) is 41.7 Å². The summed E-state index contributed by atoms with van der Waals surface area (Å²) in [6.45, 7) is 3.58. The van der Waals surface area contributed by atoms with Gasteiger partial charge in [0.2, 0.25) is 17.7 Å². The van der Waals surface area contributed by atoms with Crippen LogP contribution in [0, 0.1) is 5.92 Å². The van der Waals surface area contributed by atoms with E-state index in [9.17, 15) is 24.0 Å². The number of benzene rings is 2. The zero-order valence-electron chi connectivity index (χ0n) is 22.7. The highest BCUT2D eigenvalue weighted by Crippen LogP contribution is 2.15. The molecule has 0 saturated heterocycles. The van der Waals surface area contributed by atoms with Gasteiger partial charge < -0.3 is 30.7 Å². The second-order valence-electron chi connectivity index (χ2n) is 9.87. The second-order valence-corrected chi connectivity index (χ2v) is 9.87. The number of nitrogens with one attached hydrogen (secondary N) is 4. The van der Waals surface area contributed by atoms with Gasteiger partial charge in [0.15, 0.2) is 12.4 Å². The molecule has 4 rings (SSSR count). The van der Waals surface area contributed by atoms with Gasteiger partial charge in [-0.1, -0.05) is 56.3 Å². The molecule has 0 aliphatic carbocycles. The van der Waals surface area contributed by atoms with Crippen molar-refractivity contribution in [2.24, 2.45) is 5.92 Å². The number of hydrogen-bond acceptors (Lipinski definition) is 7. The number of hydrogen-bond donors (Lipinski definition) is 4. The van der Waals surface area contributed by atoms with E-state index in [0.717, 1.165) is 5.56 Å². The van der Waals surface area contributed by atoms with Gasteiger partial charge >= 0.3 is 0 Å². The molecule has 4 amide bonds. The number of ketones is 1. The minimum absolute atomic E-state index is 0.0614. The molecule has 2 aromatic carbocycles. The van der Waals surface area contributed by atoms with Crippen molar-refractivity contribution in [2.75, 3.05) is 26.3 Å². The summed E-state index contributed by atoms with van der Waals surface area (Å²) < 4.78 is 11.2. The van der Waals surface area contributed by atoms with Crippen LogP contribution in [0.25, 0.3) is 0 Å². The second kappa shape index (κ2) is 15.4. The number of carbonyl (C=O) groups is 5. The smallest absolute Gasteiger partial charge is 0.258 e. The molecule has 0 saturated carbocycles. The molecule has 2 unspecified atom stereocenters. The van der Waals surface area contributed by atoms with Gasteiger partial charge in [0.1, 0.15) is 5.75 Å². The highest BCUT2D eigenvalue weighted by molar-refractivity contribution is 6.02. The molecule has 0 radical (unpaired) electrons. The van der Waals surface area contributed by atoms with Crippen molar-refractivity contribution in [3.05, 3.63) is 65.7 Å². The average molecular weight is 553 g/mol. The van der Waals surface area contributed by atoms with Gasteiger partial charge in [-0.2, -0.15) is 0 Å². The van der Waals surface area contributed by atoms with Crippen LogP contribution >= 0.6 is 0 Å². The van der Waals surface area contributed by atoms with Crippen molar-refractivity contribution in [1.82, 2.24) is 21.3 Å². The summed E-state index contributed by atoms with van der Waals surface area (Å²) in [5.74, 6) is -2.11. The summed E-state index contributed by atoms with van der Waals surface area (Å²) in [5.41, 5.74) is 1.73. The summed E-state index contributed by atoms with van der Waals surface area (Å²) in [6, 6.07) is 15.1. The predicted octanol–water partition coefficient (Wildman–Crippen LogP) is 0.656. The first kappa shape index (κ1) is 30.3. The minimum Gasteiger partial charge on any atom is -0.484 e. The largest absolute Gasteiger partial charge is 0.484 e. The van der Waals surface area contributed by atoms with E-state index in [-0.39, 0.29) is 38.1 Å². The molecule has 0 spiro atoms. The average Bonchev–Trinajstić information content (AvgIpc) is 2.93. The first-order valence-corrected chi connectivity index (χ1v) is 13.2. The molecule has 2 aliphatic rings. The Morgan fingerprint density at radius 3 is 2.33 bits per heavy atom. The first-order valence-electron chi connectivity index (χ1n) is 13.2. The molecular weight excluding hydrogens is 516 g/mol. The maximum atomic E-state index is 13.2. The fourth-order valence-electron chi connectivity index (χ4n) is 3.89. The monoisotopic (exact) mass is 552 g/mol. The SMILES string of the molecule is CC(C)C(COCc1ccccc1)NC(=O)CC(=O)C1Cc2ccc(cc2)OCC(=O)NCC(=O)NCC(=O)N1. The van der Waals surface area contributed by atoms with Crippen LogP contribution in [0.5, 0.6) is 5.75 Å². The van der Waals surface area contributed by atoms with Crippen molar-refractivity contribution < 1.29 is 33.4 Å². The van der Waals surface area contributed by atoms with Crippen molar-refractivity contribution >= 4 is 29.4 Å². The van der Waals surface area contributed by atoms with Crippen LogP contribution in [0.3, 0.4) is 0 Å². The standard InChI is InChI=1S/C29H36N4O7/c1-19(2)24(17-39-16-21-6-4-3-5-7-21)33-26(35)13-25(34)23-12-20-8-10-22(11-9-20)40-18-29(38)31-14-27(36)30-15-28(37)32-23/h3-11,19,23-24H,12-18H2,1-2H3,(H,30,36)(H,31,38)(H,32,37)(H,33,35). The van der Waals surface area contributed by atoms with Gasteiger partial charge in [0.25, 0.3) is 5.91 Å². The fourth-order valence-corrected chi connectivity index (χ4v) is 3.89. The molecule has 0 fully saturated rings. The first-order chi connectivity index (χ1) is 19.2. The lowest BCUT2D eigenvalue weighted by Crippen LogP contribution is -2.49. The number of ether oxygens (including phenoxy) is 2. The van der Waals surface area contributed by atoms with Crippen LogP contribution in [0.2, 0.25) is 0 Å². The number of Topliss-reactive ketones (excluding diaryl/α,β-unsaturated/α-hetero) is 1. The molecule has 2 aromatic rings. The van der Waals surface area contributed by atoms with Crippen LogP contribution in [0.15, 0.2) is 54.6 Å². The Labute approximate surface area is 233 Å². The van der Waals surface area contributed by atoms with Crippen LogP contribution in [0.4, 0.5) is 0 Å². The van der Waals surface area contributed by atoms with E-state index in [1.807, 2.05) is 44.2 Å². The number of rotatable bonds is 9. The summed E-state index contributed by atoms with van der Waals surface area (Å²) in [7, 11) is 0. The molecule has 214 valence electrons. The van der Waals surface area contributed by atoms with Crippen LogP contribution < -0.4 is 26.0 Å². The van der Waals surface area contributed by atoms with Gasteiger partial charge in [-0.05, 0) is 35.6 Å². The third-order valence-corrected chi connectivity index (χ3v) is 6.24. The summed E-state index contributed by atoms with van der Waals surface area (Å²) >= 11 is 0. The Hall–Kier alpha value is -4.25. The van der Waals surface area contributed by atoms with E-state index in [2.05, 4.69) is 21.3 Å². The molecule has 2 atom stereocenters. The lowest BCUT2D eigenvalue weighted by Gasteiger charge is -2.23. The molecular formula is C29H36N4O7. The molecule has 2 heterocycles. The quantitative estimate of drug-likeness (QED) is 0.263. The van der Waals surface area contributed by atoms with E-state index >= 15 is 0 Å². The summed E-state index contributed by atoms with van der Waals surface area (Å²) in [4.78, 5) is 62.4. The minimum atomic E-state index is -0.999. The van der Waals surface area contributed by atoms with E-state index in [0.29, 0.717) is 17.9 Å². The Morgan fingerprint density at radius 2 is 1.62 bits per heavy atom.